The summed E-state index contributed by atoms with van der Waals surface area (Å²) in [4.78, 5) is 8.38. The Labute approximate surface area is 135 Å². The number of sulfonamides is 1. The summed E-state index contributed by atoms with van der Waals surface area (Å²) in [6, 6.07) is 9.57. The van der Waals surface area contributed by atoms with Gasteiger partial charge >= 0.3 is 0 Å². The summed E-state index contributed by atoms with van der Waals surface area (Å²) < 4.78 is 28.2. The summed E-state index contributed by atoms with van der Waals surface area (Å²) in [6.07, 6.45) is 3.27. The van der Waals surface area contributed by atoms with Gasteiger partial charge < -0.3 is 4.57 Å². The smallest absolute Gasteiger partial charge is 0.262 e. The van der Waals surface area contributed by atoms with E-state index in [1.807, 2.05) is 30.3 Å². The molecular weight excluding hydrogens is 312 g/mol. The second-order valence-corrected chi connectivity index (χ2v) is 7.52. The standard InChI is InChI=1S/C16H18N4O2S/c1-12-18-16(11-19(12)2)23(21,22)20(3)10-13-6-7-15-14(9-13)5-4-8-17-15/h4-9,11H,10H2,1-3H3. The van der Waals surface area contributed by atoms with Crippen molar-refractivity contribution in [2.24, 2.45) is 7.05 Å². The first-order valence-corrected chi connectivity index (χ1v) is 8.62. The van der Waals surface area contributed by atoms with Gasteiger partial charge in [-0.25, -0.2) is 13.4 Å². The number of rotatable bonds is 4. The van der Waals surface area contributed by atoms with Crippen LogP contribution in [0.2, 0.25) is 0 Å². The molecule has 3 rings (SSSR count). The van der Waals surface area contributed by atoms with E-state index in [2.05, 4.69) is 9.97 Å². The number of benzene rings is 1. The van der Waals surface area contributed by atoms with Gasteiger partial charge in [-0.15, -0.1) is 0 Å². The van der Waals surface area contributed by atoms with E-state index in [1.54, 1.807) is 31.8 Å². The van der Waals surface area contributed by atoms with E-state index in [0.29, 0.717) is 5.82 Å². The van der Waals surface area contributed by atoms with Gasteiger partial charge in [0, 0.05) is 38.4 Å². The lowest BCUT2D eigenvalue weighted by Gasteiger charge is -2.16. The predicted octanol–water partition coefficient (Wildman–Crippen LogP) is 2.10. The SMILES string of the molecule is Cc1nc(S(=O)(=O)N(C)Cc2ccc3ncccc3c2)cn1C. The van der Waals surface area contributed by atoms with Crippen molar-refractivity contribution in [2.75, 3.05) is 7.05 Å². The van der Waals surface area contributed by atoms with Crippen LogP contribution in [-0.2, 0) is 23.6 Å². The molecule has 0 saturated carbocycles. The van der Waals surface area contributed by atoms with Gasteiger partial charge in [-0.1, -0.05) is 12.1 Å². The Hall–Kier alpha value is -2.25. The fourth-order valence-corrected chi connectivity index (χ4v) is 3.55. The molecule has 0 amide bonds. The molecule has 2 heterocycles. The van der Waals surface area contributed by atoms with Gasteiger partial charge in [-0.05, 0) is 30.7 Å². The summed E-state index contributed by atoms with van der Waals surface area (Å²) in [5.41, 5.74) is 1.80. The van der Waals surface area contributed by atoms with Crippen molar-refractivity contribution in [3.8, 4) is 0 Å². The first kappa shape index (κ1) is 15.6. The highest BCUT2D eigenvalue weighted by atomic mass is 32.2. The quantitative estimate of drug-likeness (QED) is 0.735. The van der Waals surface area contributed by atoms with Gasteiger partial charge in [0.1, 0.15) is 5.82 Å². The molecule has 0 radical (unpaired) electrons. The van der Waals surface area contributed by atoms with Gasteiger partial charge in [-0.2, -0.15) is 4.31 Å². The fourth-order valence-electron chi connectivity index (χ4n) is 2.38. The molecule has 6 nitrogen and oxygen atoms in total. The van der Waals surface area contributed by atoms with E-state index in [4.69, 9.17) is 0 Å². The van der Waals surface area contributed by atoms with Crippen molar-refractivity contribution < 1.29 is 8.42 Å². The maximum atomic E-state index is 12.6. The zero-order valence-electron chi connectivity index (χ0n) is 13.3. The van der Waals surface area contributed by atoms with E-state index in [0.717, 1.165) is 16.5 Å². The average molecular weight is 330 g/mol. The molecule has 0 atom stereocenters. The minimum Gasteiger partial charge on any atom is -0.337 e. The van der Waals surface area contributed by atoms with E-state index < -0.39 is 10.0 Å². The normalized spacial score (nSPS) is 12.2. The van der Waals surface area contributed by atoms with Crippen LogP contribution >= 0.6 is 0 Å². The van der Waals surface area contributed by atoms with Crippen LogP contribution in [0.25, 0.3) is 10.9 Å². The molecule has 0 N–H and O–H groups in total. The molecule has 0 spiro atoms. The lowest BCUT2D eigenvalue weighted by molar-refractivity contribution is 0.464. The summed E-state index contributed by atoms with van der Waals surface area (Å²) in [6.45, 7) is 2.05. The number of hydrogen-bond acceptors (Lipinski definition) is 4. The summed E-state index contributed by atoms with van der Waals surface area (Å²) in [5, 5.41) is 1.06. The Kier molecular flexibility index (Phi) is 3.91. The first-order valence-electron chi connectivity index (χ1n) is 7.18. The van der Waals surface area contributed by atoms with Crippen molar-refractivity contribution in [2.45, 2.75) is 18.5 Å². The van der Waals surface area contributed by atoms with Crippen LogP contribution in [0, 0.1) is 6.92 Å². The highest BCUT2D eigenvalue weighted by Gasteiger charge is 2.24. The Bertz CT molecular complexity index is 944. The van der Waals surface area contributed by atoms with Crippen molar-refractivity contribution in [3.63, 3.8) is 0 Å². The van der Waals surface area contributed by atoms with E-state index >= 15 is 0 Å². The largest absolute Gasteiger partial charge is 0.337 e. The van der Waals surface area contributed by atoms with Crippen LogP contribution in [0.15, 0.2) is 47.8 Å². The van der Waals surface area contributed by atoms with Crippen molar-refractivity contribution in [1.82, 2.24) is 18.8 Å². The molecule has 23 heavy (non-hydrogen) atoms. The second kappa shape index (κ2) is 5.75. The molecule has 120 valence electrons. The number of hydrogen-bond donors (Lipinski definition) is 0. The molecule has 0 fully saturated rings. The van der Waals surface area contributed by atoms with E-state index in [-0.39, 0.29) is 11.6 Å². The number of imidazole rings is 1. The van der Waals surface area contributed by atoms with Crippen LogP contribution in [-0.4, -0.2) is 34.3 Å². The monoisotopic (exact) mass is 330 g/mol. The molecule has 0 saturated heterocycles. The van der Waals surface area contributed by atoms with Crippen LogP contribution in [0.1, 0.15) is 11.4 Å². The highest BCUT2D eigenvalue weighted by molar-refractivity contribution is 7.89. The molecule has 1 aromatic carbocycles. The third-order valence-corrected chi connectivity index (χ3v) is 5.51. The van der Waals surface area contributed by atoms with Gasteiger partial charge in [-0.3, -0.25) is 4.98 Å². The van der Waals surface area contributed by atoms with Crippen LogP contribution < -0.4 is 0 Å². The van der Waals surface area contributed by atoms with E-state index in [9.17, 15) is 8.42 Å². The third-order valence-electron chi connectivity index (χ3n) is 3.83. The lowest BCUT2D eigenvalue weighted by atomic mass is 10.1. The third kappa shape index (κ3) is 2.97. The topological polar surface area (TPSA) is 68.1 Å². The lowest BCUT2D eigenvalue weighted by Crippen LogP contribution is -2.26. The summed E-state index contributed by atoms with van der Waals surface area (Å²) in [7, 11) is -0.269. The molecule has 0 bridgehead atoms. The minimum atomic E-state index is -3.61. The van der Waals surface area contributed by atoms with Gasteiger partial charge in [0.2, 0.25) is 0 Å². The molecule has 0 unspecified atom stereocenters. The number of nitrogens with zero attached hydrogens (tertiary/aromatic N) is 4. The zero-order chi connectivity index (χ0) is 16.6. The average Bonchev–Trinajstić information content (AvgIpc) is 2.87. The second-order valence-electron chi connectivity index (χ2n) is 5.53. The maximum absolute atomic E-state index is 12.6. The van der Waals surface area contributed by atoms with Crippen molar-refractivity contribution in [3.05, 3.63) is 54.1 Å². The summed E-state index contributed by atoms with van der Waals surface area (Å²) in [5.74, 6) is 0.661. The van der Waals surface area contributed by atoms with Gasteiger partial charge in [0.15, 0.2) is 5.03 Å². The van der Waals surface area contributed by atoms with Gasteiger partial charge in [0.25, 0.3) is 10.0 Å². The molecule has 3 aromatic rings. The number of pyridine rings is 1. The number of aryl methyl sites for hydroxylation is 2. The molecule has 7 heteroatoms. The fraction of sp³-hybridized carbons (Fsp3) is 0.250. The Balaban J connectivity index is 1.88. The first-order chi connectivity index (χ1) is 10.9. The Morgan fingerprint density at radius 1 is 1.26 bits per heavy atom. The summed E-state index contributed by atoms with van der Waals surface area (Å²) >= 11 is 0. The molecular formula is C16H18N4O2S. The zero-order valence-corrected chi connectivity index (χ0v) is 14.1. The molecule has 0 aliphatic carbocycles. The minimum absolute atomic E-state index is 0.0717. The van der Waals surface area contributed by atoms with Crippen LogP contribution in [0.4, 0.5) is 0 Å². The van der Waals surface area contributed by atoms with Crippen molar-refractivity contribution >= 4 is 20.9 Å². The predicted molar refractivity (Wildman–Crippen MR) is 88.3 cm³/mol. The Morgan fingerprint density at radius 3 is 2.74 bits per heavy atom. The molecule has 0 aliphatic rings. The van der Waals surface area contributed by atoms with Gasteiger partial charge in [0.05, 0.1) is 5.52 Å². The number of fused-ring (bicyclic) bond motifs is 1. The maximum Gasteiger partial charge on any atom is 0.262 e. The van der Waals surface area contributed by atoms with Crippen LogP contribution in [0.3, 0.4) is 0 Å². The van der Waals surface area contributed by atoms with Crippen molar-refractivity contribution in [1.29, 1.82) is 0 Å². The Morgan fingerprint density at radius 2 is 2.04 bits per heavy atom. The molecule has 0 aliphatic heterocycles. The highest BCUT2D eigenvalue weighted by Crippen LogP contribution is 2.18. The van der Waals surface area contributed by atoms with Crippen LogP contribution in [0.5, 0.6) is 0 Å². The number of aromatic nitrogens is 3. The van der Waals surface area contributed by atoms with E-state index in [1.165, 1.54) is 10.5 Å². The molecule has 2 aromatic heterocycles.